The molecule has 1 saturated heterocycles. The molecule has 1 fully saturated rings. The van der Waals surface area contributed by atoms with E-state index in [4.69, 9.17) is 27.6 Å². The van der Waals surface area contributed by atoms with Crippen molar-refractivity contribution in [1.29, 1.82) is 0 Å². The normalized spacial score (nSPS) is 17.3. The highest BCUT2D eigenvalue weighted by atomic mass is 35.5. The van der Waals surface area contributed by atoms with Crippen LogP contribution in [0.5, 0.6) is 0 Å². The van der Waals surface area contributed by atoms with E-state index in [0.29, 0.717) is 34.4 Å². The van der Waals surface area contributed by atoms with E-state index in [0.717, 1.165) is 24.9 Å². The lowest BCUT2D eigenvalue weighted by Gasteiger charge is -2.24. The Morgan fingerprint density at radius 3 is 2.86 bits per heavy atom. The number of carbonyl (C=O) groups excluding carboxylic acids is 1. The molecule has 1 unspecified atom stereocenters. The molecule has 8 heteroatoms. The molecule has 1 aromatic heterocycles. The fourth-order valence-electron chi connectivity index (χ4n) is 3.65. The number of hydrogen-bond donors (Lipinski definition) is 1. The van der Waals surface area contributed by atoms with E-state index in [9.17, 15) is 9.59 Å². The van der Waals surface area contributed by atoms with E-state index in [1.165, 1.54) is 0 Å². The van der Waals surface area contributed by atoms with Crippen LogP contribution in [-0.4, -0.2) is 34.5 Å². The number of aromatic nitrogens is 1. The van der Waals surface area contributed by atoms with E-state index in [-0.39, 0.29) is 17.7 Å². The van der Waals surface area contributed by atoms with E-state index in [1.807, 2.05) is 18.2 Å². The van der Waals surface area contributed by atoms with Crippen LogP contribution in [0.2, 0.25) is 10.0 Å². The SMILES string of the molecule is O=C(Nc1cc(Cl)ccc1Cl)C1CCCN1CCn1c(=O)oc2ccccc21. The molecule has 0 saturated carbocycles. The first kappa shape index (κ1) is 19.1. The number of fused-ring (bicyclic) bond motifs is 1. The Labute approximate surface area is 171 Å². The first-order valence-corrected chi connectivity index (χ1v) is 9.87. The van der Waals surface area contributed by atoms with Gasteiger partial charge in [-0.05, 0) is 49.7 Å². The second-order valence-corrected chi connectivity index (χ2v) is 7.64. The number of para-hydroxylation sites is 2. The minimum absolute atomic E-state index is 0.119. The number of hydrogen-bond acceptors (Lipinski definition) is 4. The summed E-state index contributed by atoms with van der Waals surface area (Å²) >= 11 is 12.1. The maximum Gasteiger partial charge on any atom is 0.419 e. The molecule has 1 atom stereocenters. The molecular formula is C20H19Cl2N3O3. The van der Waals surface area contributed by atoms with Gasteiger partial charge in [0.2, 0.25) is 5.91 Å². The number of halogens is 2. The van der Waals surface area contributed by atoms with Gasteiger partial charge in [-0.1, -0.05) is 35.3 Å². The summed E-state index contributed by atoms with van der Waals surface area (Å²) in [5.74, 6) is -0.502. The number of nitrogens with zero attached hydrogens (tertiary/aromatic N) is 2. The van der Waals surface area contributed by atoms with Gasteiger partial charge < -0.3 is 9.73 Å². The molecule has 146 valence electrons. The predicted octanol–water partition coefficient (Wildman–Crippen LogP) is 4.00. The van der Waals surface area contributed by atoms with Crippen LogP contribution in [-0.2, 0) is 11.3 Å². The molecule has 28 heavy (non-hydrogen) atoms. The Balaban J connectivity index is 1.46. The Morgan fingerprint density at radius 1 is 1.18 bits per heavy atom. The van der Waals surface area contributed by atoms with Gasteiger partial charge in [-0.2, -0.15) is 0 Å². The largest absolute Gasteiger partial charge is 0.419 e. The molecule has 1 aliphatic heterocycles. The number of nitrogens with one attached hydrogen (secondary N) is 1. The summed E-state index contributed by atoms with van der Waals surface area (Å²) in [4.78, 5) is 27.0. The number of carbonyl (C=O) groups is 1. The monoisotopic (exact) mass is 419 g/mol. The molecule has 1 aliphatic rings. The number of amides is 1. The first-order valence-electron chi connectivity index (χ1n) is 9.11. The second kappa shape index (κ2) is 7.99. The lowest BCUT2D eigenvalue weighted by Crippen LogP contribution is -2.41. The van der Waals surface area contributed by atoms with Gasteiger partial charge in [-0.25, -0.2) is 4.79 Å². The van der Waals surface area contributed by atoms with Crippen molar-refractivity contribution in [2.75, 3.05) is 18.4 Å². The van der Waals surface area contributed by atoms with Gasteiger partial charge in [0.1, 0.15) is 0 Å². The molecule has 1 amide bonds. The van der Waals surface area contributed by atoms with Crippen molar-refractivity contribution in [3.8, 4) is 0 Å². The summed E-state index contributed by atoms with van der Waals surface area (Å²) in [5, 5.41) is 3.82. The van der Waals surface area contributed by atoms with E-state index in [2.05, 4.69) is 10.2 Å². The third-order valence-electron chi connectivity index (χ3n) is 5.04. The molecule has 0 radical (unpaired) electrons. The van der Waals surface area contributed by atoms with Gasteiger partial charge in [0, 0.05) is 18.1 Å². The second-order valence-electron chi connectivity index (χ2n) is 6.79. The molecular weight excluding hydrogens is 401 g/mol. The predicted molar refractivity (Wildman–Crippen MR) is 110 cm³/mol. The van der Waals surface area contributed by atoms with Gasteiger partial charge in [0.05, 0.1) is 22.3 Å². The molecule has 0 bridgehead atoms. The van der Waals surface area contributed by atoms with Crippen LogP contribution in [0.15, 0.2) is 51.7 Å². The van der Waals surface area contributed by atoms with Gasteiger partial charge in [0.15, 0.2) is 5.58 Å². The third kappa shape index (κ3) is 3.81. The minimum atomic E-state index is -0.382. The van der Waals surface area contributed by atoms with Crippen molar-refractivity contribution < 1.29 is 9.21 Å². The van der Waals surface area contributed by atoms with Gasteiger partial charge in [-0.15, -0.1) is 0 Å². The zero-order valence-corrected chi connectivity index (χ0v) is 16.5. The summed E-state index contributed by atoms with van der Waals surface area (Å²) in [7, 11) is 0. The Hall–Kier alpha value is -2.28. The van der Waals surface area contributed by atoms with Crippen molar-refractivity contribution in [1.82, 2.24) is 9.47 Å². The van der Waals surface area contributed by atoms with Crippen LogP contribution in [0.3, 0.4) is 0 Å². The lowest BCUT2D eigenvalue weighted by molar-refractivity contribution is -0.120. The maximum atomic E-state index is 12.8. The quantitative estimate of drug-likeness (QED) is 0.678. The highest BCUT2D eigenvalue weighted by molar-refractivity contribution is 6.35. The summed E-state index contributed by atoms with van der Waals surface area (Å²) in [5.41, 5.74) is 1.83. The average Bonchev–Trinajstić information content (AvgIpc) is 3.26. The molecule has 0 spiro atoms. The zero-order chi connectivity index (χ0) is 19.7. The summed E-state index contributed by atoms with van der Waals surface area (Å²) in [6.45, 7) is 1.83. The smallest absolute Gasteiger partial charge is 0.408 e. The number of anilines is 1. The van der Waals surface area contributed by atoms with Crippen molar-refractivity contribution >= 4 is 45.9 Å². The van der Waals surface area contributed by atoms with Crippen LogP contribution >= 0.6 is 23.2 Å². The Kier molecular flexibility index (Phi) is 5.44. The molecule has 1 N–H and O–H groups in total. The van der Waals surface area contributed by atoms with Crippen molar-refractivity contribution in [3.05, 3.63) is 63.1 Å². The number of oxazole rings is 1. The Bertz CT molecular complexity index is 1080. The molecule has 2 aromatic carbocycles. The highest BCUT2D eigenvalue weighted by Gasteiger charge is 2.31. The third-order valence-corrected chi connectivity index (χ3v) is 5.60. The first-order chi connectivity index (χ1) is 13.5. The van der Waals surface area contributed by atoms with Crippen LogP contribution < -0.4 is 11.1 Å². The van der Waals surface area contributed by atoms with Gasteiger partial charge in [0.25, 0.3) is 0 Å². The van der Waals surface area contributed by atoms with E-state index >= 15 is 0 Å². The molecule has 0 aliphatic carbocycles. The van der Waals surface area contributed by atoms with E-state index in [1.54, 1.807) is 28.8 Å². The number of benzene rings is 2. The lowest BCUT2D eigenvalue weighted by atomic mass is 10.2. The number of rotatable bonds is 5. The van der Waals surface area contributed by atoms with Gasteiger partial charge >= 0.3 is 5.76 Å². The fraction of sp³-hybridized carbons (Fsp3) is 0.300. The van der Waals surface area contributed by atoms with Crippen LogP contribution in [0.1, 0.15) is 12.8 Å². The summed E-state index contributed by atoms with van der Waals surface area (Å²) in [6, 6.07) is 12.0. The molecule has 4 rings (SSSR count). The van der Waals surface area contributed by atoms with Crippen LogP contribution in [0, 0.1) is 0 Å². The van der Waals surface area contributed by atoms with Crippen LogP contribution in [0.25, 0.3) is 11.1 Å². The molecule has 6 nitrogen and oxygen atoms in total. The van der Waals surface area contributed by atoms with Crippen molar-refractivity contribution in [3.63, 3.8) is 0 Å². The maximum absolute atomic E-state index is 12.8. The standard InChI is InChI=1S/C20H19Cl2N3O3/c21-13-7-8-14(22)15(12-13)23-19(26)17-5-3-9-24(17)10-11-25-16-4-1-2-6-18(16)28-20(25)27/h1-2,4,6-8,12,17H,3,5,9-11H2,(H,23,26). The fourth-order valence-corrected chi connectivity index (χ4v) is 3.99. The van der Waals surface area contributed by atoms with Crippen molar-refractivity contribution in [2.24, 2.45) is 0 Å². The highest BCUT2D eigenvalue weighted by Crippen LogP contribution is 2.27. The summed E-state index contributed by atoms with van der Waals surface area (Å²) < 4.78 is 6.88. The zero-order valence-electron chi connectivity index (χ0n) is 15.0. The molecule has 3 aromatic rings. The minimum Gasteiger partial charge on any atom is -0.408 e. The van der Waals surface area contributed by atoms with Crippen LogP contribution in [0.4, 0.5) is 5.69 Å². The van der Waals surface area contributed by atoms with E-state index < -0.39 is 0 Å². The Morgan fingerprint density at radius 2 is 2.00 bits per heavy atom. The molecule has 2 heterocycles. The van der Waals surface area contributed by atoms with Gasteiger partial charge in [-0.3, -0.25) is 14.3 Å². The van der Waals surface area contributed by atoms with Crippen molar-refractivity contribution in [2.45, 2.75) is 25.4 Å². The topological polar surface area (TPSA) is 67.5 Å². The summed E-state index contributed by atoms with van der Waals surface area (Å²) in [6.07, 6.45) is 1.67. The number of likely N-dealkylation sites (tertiary alicyclic amines) is 1. The average molecular weight is 420 g/mol.